The van der Waals surface area contributed by atoms with E-state index in [1.165, 1.54) is 0 Å². The second kappa shape index (κ2) is 19.3. The number of rotatable bonds is 8. The van der Waals surface area contributed by atoms with Crippen LogP contribution in [0.4, 0.5) is 0 Å². The molecule has 0 spiro atoms. The normalized spacial score (nSPS) is 10.1. The van der Waals surface area contributed by atoms with E-state index in [-0.39, 0.29) is 24.2 Å². The Labute approximate surface area is 186 Å². The van der Waals surface area contributed by atoms with E-state index in [1.54, 1.807) is 24.3 Å². The molecule has 0 radical (unpaired) electrons. The fraction of sp³-hybridized carbons (Fsp3) is 0.692. The van der Waals surface area contributed by atoms with Crippen molar-refractivity contribution in [3.05, 3.63) is 35.4 Å². The molecule has 0 aliphatic rings. The maximum atomic E-state index is 12.3. The number of carbonyl (C=O) groups excluding carboxylic acids is 2. The van der Waals surface area contributed by atoms with Crippen LogP contribution in [0.2, 0.25) is 0 Å². The largest absolute Gasteiger partial charge is 0.396 e. The van der Waals surface area contributed by atoms with E-state index in [9.17, 15) is 9.59 Å². The van der Waals surface area contributed by atoms with E-state index in [0.717, 1.165) is 18.8 Å². The molecule has 0 aliphatic carbocycles. The molecule has 0 bridgehead atoms. The summed E-state index contributed by atoms with van der Waals surface area (Å²) in [6.45, 7) is 22.3. The number of amides is 1. The lowest BCUT2D eigenvalue weighted by atomic mass is 9.92. The van der Waals surface area contributed by atoms with Crippen LogP contribution in [0.5, 0.6) is 0 Å². The number of benzene rings is 1. The second-order valence-electron chi connectivity index (χ2n) is 8.00. The molecule has 0 aliphatic heterocycles. The van der Waals surface area contributed by atoms with Crippen LogP contribution in [0.3, 0.4) is 0 Å². The van der Waals surface area contributed by atoms with Gasteiger partial charge in [-0.25, -0.2) is 0 Å². The number of carbonyl (C=O) groups is 2. The van der Waals surface area contributed by atoms with Gasteiger partial charge in [-0.3, -0.25) is 9.59 Å². The maximum absolute atomic E-state index is 12.3. The molecule has 0 unspecified atom stereocenters. The third kappa shape index (κ3) is 15.2. The van der Waals surface area contributed by atoms with Crippen LogP contribution in [-0.4, -0.2) is 28.9 Å². The Hall–Kier alpha value is -1.68. The Morgan fingerprint density at radius 1 is 0.900 bits per heavy atom. The van der Waals surface area contributed by atoms with Gasteiger partial charge in [-0.15, -0.1) is 0 Å². The third-order valence-electron chi connectivity index (χ3n) is 3.98. The summed E-state index contributed by atoms with van der Waals surface area (Å²) >= 11 is 0. The van der Waals surface area contributed by atoms with Crippen molar-refractivity contribution in [3.8, 4) is 0 Å². The monoisotopic (exact) mass is 423 g/mol. The molecule has 0 fully saturated rings. The van der Waals surface area contributed by atoms with Crippen LogP contribution in [-0.2, 0) is 0 Å². The molecule has 0 saturated carbocycles. The van der Waals surface area contributed by atoms with E-state index in [2.05, 4.69) is 26.1 Å². The summed E-state index contributed by atoms with van der Waals surface area (Å²) < 4.78 is 0. The van der Waals surface area contributed by atoms with Gasteiger partial charge in [0.2, 0.25) is 0 Å². The highest BCUT2D eigenvalue weighted by molar-refractivity contribution is 6.00. The lowest BCUT2D eigenvalue weighted by molar-refractivity contribution is 0.0892. The van der Waals surface area contributed by atoms with Gasteiger partial charge in [0.25, 0.3) is 5.91 Å². The van der Waals surface area contributed by atoms with E-state index in [4.69, 9.17) is 5.11 Å². The van der Waals surface area contributed by atoms with Crippen LogP contribution in [0.1, 0.15) is 116 Å². The number of hydrogen-bond acceptors (Lipinski definition) is 3. The summed E-state index contributed by atoms with van der Waals surface area (Å²) in [5.41, 5.74) is 0.711. The van der Waals surface area contributed by atoms with Gasteiger partial charge in [0, 0.05) is 29.2 Å². The molecule has 1 aromatic rings. The first-order valence-electron chi connectivity index (χ1n) is 11.7. The average molecular weight is 424 g/mol. The number of aliphatic hydroxyl groups is 1. The molecular weight excluding hydrogens is 374 g/mol. The van der Waals surface area contributed by atoms with Crippen molar-refractivity contribution in [2.75, 3.05) is 6.61 Å². The first-order chi connectivity index (χ1) is 14.1. The molecule has 0 saturated heterocycles. The molecule has 30 heavy (non-hydrogen) atoms. The molecule has 4 nitrogen and oxygen atoms in total. The minimum Gasteiger partial charge on any atom is -0.396 e. The highest BCUT2D eigenvalue weighted by Crippen LogP contribution is 2.17. The quantitative estimate of drug-likeness (QED) is 0.446. The van der Waals surface area contributed by atoms with E-state index in [0.29, 0.717) is 17.5 Å². The average Bonchev–Trinajstić information content (AvgIpc) is 2.71. The summed E-state index contributed by atoms with van der Waals surface area (Å²) in [5.74, 6) is 0.820. The van der Waals surface area contributed by atoms with E-state index < -0.39 is 5.54 Å². The molecule has 176 valence electrons. The van der Waals surface area contributed by atoms with Crippen molar-refractivity contribution >= 4 is 11.7 Å². The molecule has 1 aromatic carbocycles. The fourth-order valence-corrected chi connectivity index (χ4v) is 2.40. The first kappa shape index (κ1) is 33.0. The smallest absolute Gasteiger partial charge is 0.251 e. The Kier molecular flexibility index (Phi) is 21.2. The summed E-state index contributed by atoms with van der Waals surface area (Å²) in [6.07, 6.45) is 2.14. The number of hydrogen-bond donors (Lipinski definition) is 2. The minimum absolute atomic E-state index is 0.0240. The maximum Gasteiger partial charge on any atom is 0.251 e. The van der Waals surface area contributed by atoms with Crippen molar-refractivity contribution in [2.24, 2.45) is 11.8 Å². The highest BCUT2D eigenvalue weighted by atomic mass is 16.3. The van der Waals surface area contributed by atoms with Crippen LogP contribution in [0.25, 0.3) is 0 Å². The molecule has 2 N–H and O–H groups in total. The van der Waals surface area contributed by atoms with Gasteiger partial charge in [-0.05, 0) is 51.2 Å². The van der Waals surface area contributed by atoms with E-state index in [1.807, 2.05) is 55.4 Å². The van der Waals surface area contributed by atoms with Crippen molar-refractivity contribution in [2.45, 2.75) is 101 Å². The van der Waals surface area contributed by atoms with Gasteiger partial charge in [-0.1, -0.05) is 74.4 Å². The molecule has 0 heterocycles. The Balaban J connectivity index is -0.000000793. The number of Topliss-reactive ketones (excluding diaryl/α,β-unsaturated/α-hetero) is 1. The summed E-state index contributed by atoms with van der Waals surface area (Å²) in [5, 5.41) is 11.9. The minimum atomic E-state index is -0.462. The predicted octanol–water partition coefficient (Wildman–Crippen LogP) is 6.91. The van der Waals surface area contributed by atoms with Gasteiger partial charge in [0.1, 0.15) is 0 Å². The Morgan fingerprint density at radius 2 is 1.27 bits per heavy atom. The topological polar surface area (TPSA) is 66.4 Å². The molecule has 4 heteroatoms. The van der Waals surface area contributed by atoms with Gasteiger partial charge in [0.05, 0.1) is 0 Å². The zero-order valence-electron chi connectivity index (χ0n) is 21.6. The fourth-order valence-electron chi connectivity index (χ4n) is 2.40. The van der Waals surface area contributed by atoms with Gasteiger partial charge >= 0.3 is 0 Å². The number of nitrogens with one attached hydrogen (secondary N) is 1. The van der Waals surface area contributed by atoms with Crippen molar-refractivity contribution in [1.82, 2.24) is 5.32 Å². The molecule has 1 amide bonds. The third-order valence-corrected chi connectivity index (χ3v) is 3.98. The molecule has 0 aromatic heterocycles. The Morgan fingerprint density at radius 3 is 1.60 bits per heavy atom. The molecule has 0 atom stereocenters. The molecular formula is C26H49NO3. The van der Waals surface area contributed by atoms with Gasteiger partial charge < -0.3 is 10.4 Å². The zero-order valence-corrected chi connectivity index (χ0v) is 21.6. The highest BCUT2D eigenvalue weighted by Gasteiger charge is 2.21. The summed E-state index contributed by atoms with van der Waals surface area (Å²) in [7, 11) is 0. The van der Waals surface area contributed by atoms with Crippen LogP contribution >= 0.6 is 0 Å². The van der Waals surface area contributed by atoms with Crippen molar-refractivity contribution in [3.63, 3.8) is 0 Å². The molecule has 1 rings (SSSR count). The van der Waals surface area contributed by atoms with E-state index >= 15 is 0 Å². The SMILES string of the molecule is CC.CC.CC(C)C.CCC(CC)C(=O)c1ccc(C(=O)NC(C)(C)CCO)cc1. The second-order valence-corrected chi connectivity index (χ2v) is 8.00. The van der Waals surface area contributed by atoms with Crippen molar-refractivity contribution < 1.29 is 14.7 Å². The predicted molar refractivity (Wildman–Crippen MR) is 131 cm³/mol. The lowest BCUT2D eigenvalue weighted by Gasteiger charge is -2.25. The summed E-state index contributed by atoms with van der Waals surface area (Å²) in [6, 6.07) is 6.79. The van der Waals surface area contributed by atoms with Gasteiger partial charge in [0.15, 0.2) is 5.78 Å². The Bertz CT molecular complexity index is 541. The van der Waals surface area contributed by atoms with Crippen LogP contribution in [0.15, 0.2) is 24.3 Å². The standard InChI is InChI=1S/C18H27NO3.C4H10.2C2H6/c1-5-13(6-2)16(21)14-7-9-15(10-8-14)17(22)19-18(3,4)11-12-20;1-4(2)3;2*1-2/h7-10,13,20H,5-6,11-12H2,1-4H3,(H,19,22);4H,1-3H3;2*1-2H3. The zero-order chi connectivity index (χ0) is 24.3. The number of aliphatic hydroxyl groups excluding tert-OH is 1. The van der Waals surface area contributed by atoms with Crippen LogP contribution in [0, 0.1) is 11.8 Å². The van der Waals surface area contributed by atoms with Crippen LogP contribution < -0.4 is 5.32 Å². The van der Waals surface area contributed by atoms with Gasteiger partial charge in [-0.2, -0.15) is 0 Å². The lowest BCUT2D eigenvalue weighted by Crippen LogP contribution is -2.44. The van der Waals surface area contributed by atoms with Crippen molar-refractivity contribution in [1.29, 1.82) is 0 Å². The number of ketones is 1. The first-order valence-corrected chi connectivity index (χ1v) is 11.7. The summed E-state index contributed by atoms with van der Waals surface area (Å²) in [4.78, 5) is 24.5.